The van der Waals surface area contributed by atoms with E-state index in [0.29, 0.717) is 31.3 Å². The lowest BCUT2D eigenvalue weighted by Crippen LogP contribution is -2.63. The molecule has 1 saturated heterocycles. The molecule has 6 atom stereocenters. The van der Waals surface area contributed by atoms with Crippen molar-refractivity contribution in [1.29, 1.82) is 0 Å². The molecule has 2 aromatic carbocycles. The van der Waals surface area contributed by atoms with Gasteiger partial charge in [0.05, 0.1) is 30.0 Å². The Morgan fingerprint density at radius 1 is 0.957 bits per heavy atom. The van der Waals surface area contributed by atoms with Crippen molar-refractivity contribution in [3.63, 3.8) is 0 Å². The van der Waals surface area contributed by atoms with Crippen molar-refractivity contribution in [3.8, 4) is 0 Å². The molecule has 11 nitrogen and oxygen atoms in total. The first-order valence-electron chi connectivity index (χ1n) is 16.4. The summed E-state index contributed by atoms with van der Waals surface area (Å²) in [7, 11) is -2.71. The van der Waals surface area contributed by atoms with Crippen molar-refractivity contribution in [1.82, 2.24) is 20.9 Å². The first kappa shape index (κ1) is 36.4. The first-order chi connectivity index (χ1) is 22.3. The van der Waals surface area contributed by atoms with Gasteiger partial charge in [-0.15, -0.1) is 0 Å². The Morgan fingerprint density at radius 2 is 1.55 bits per heavy atom. The molecule has 1 aliphatic heterocycles. The van der Waals surface area contributed by atoms with E-state index >= 15 is 0 Å². The molecule has 2 aliphatic rings. The Labute approximate surface area is 278 Å². The lowest BCUT2D eigenvalue weighted by molar-refractivity contribution is -0.132. The minimum absolute atomic E-state index is 0.0917. The topological polar surface area (TPSA) is 154 Å². The van der Waals surface area contributed by atoms with E-state index in [-0.39, 0.29) is 18.9 Å². The number of fused-ring (bicyclic) bond motifs is 1. The highest BCUT2D eigenvalue weighted by molar-refractivity contribution is 7.92. The van der Waals surface area contributed by atoms with Crippen molar-refractivity contribution in [2.24, 2.45) is 11.8 Å². The number of hydrogen-bond acceptors (Lipinski definition) is 8. The quantitative estimate of drug-likeness (QED) is 0.254. The van der Waals surface area contributed by atoms with Gasteiger partial charge in [0.1, 0.15) is 6.04 Å². The zero-order chi connectivity index (χ0) is 34.2. The highest BCUT2D eigenvalue weighted by Gasteiger charge is 2.46. The molecule has 0 bridgehead atoms. The van der Waals surface area contributed by atoms with Crippen LogP contribution in [-0.4, -0.2) is 91.8 Å². The number of rotatable bonds is 13. The molecule has 1 aliphatic carbocycles. The maximum absolute atomic E-state index is 13.8. The van der Waals surface area contributed by atoms with Crippen LogP contribution in [0.15, 0.2) is 60.7 Å². The molecule has 0 spiro atoms. The summed E-state index contributed by atoms with van der Waals surface area (Å²) in [6, 6.07) is 16.2. The number of nitrogens with zero attached hydrogens (tertiary/aromatic N) is 1. The van der Waals surface area contributed by atoms with Crippen LogP contribution in [-0.2, 0) is 37.1 Å². The monoisotopic (exact) mass is 670 g/mol. The number of methoxy groups -OCH3 is 1. The van der Waals surface area contributed by atoms with Crippen LogP contribution in [0.3, 0.4) is 0 Å². The van der Waals surface area contributed by atoms with Gasteiger partial charge in [0.2, 0.25) is 11.8 Å². The van der Waals surface area contributed by atoms with Crippen LogP contribution in [0.4, 0.5) is 4.79 Å². The molecule has 1 saturated carbocycles. The van der Waals surface area contributed by atoms with Gasteiger partial charge in [-0.05, 0) is 56.1 Å². The van der Waals surface area contributed by atoms with E-state index < -0.39 is 50.8 Å². The second-order valence-corrected chi connectivity index (χ2v) is 16.1. The Bertz CT molecular complexity index is 1450. The summed E-state index contributed by atoms with van der Waals surface area (Å²) in [5, 5.41) is 20.2. The van der Waals surface area contributed by atoms with Crippen LogP contribution in [0.1, 0.15) is 57.1 Å². The van der Waals surface area contributed by atoms with Gasteiger partial charge < -0.3 is 25.8 Å². The van der Waals surface area contributed by atoms with Gasteiger partial charge in [-0.2, -0.15) is 0 Å². The van der Waals surface area contributed by atoms with Crippen LogP contribution in [0.25, 0.3) is 0 Å². The van der Waals surface area contributed by atoms with Gasteiger partial charge in [-0.25, -0.2) is 13.2 Å². The maximum Gasteiger partial charge on any atom is 0.407 e. The normalized spacial score (nSPS) is 22.2. The van der Waals surface area contributed by atoms with E-state index in [4.69, 9.17) is 4.74 Å². The number of sulfone groups is 1. The number of amides is 3. The number of β-amino-alcohol motifs (C(OH)–C–C–N with tert-alkyl or cyclic N) is 1. The number of likely N-dealkylation sites (tertiary alicyclic amines) is 1. The highest BCUT2D eigenvalue weighted by Crippen LogP contribution is 2.39. The third-order valence-electron chi connectivity index (χ3n) is 9.99. The van der Waals surface area contributed by atoms with E-state index in [9.17, 15) is 27.9 Å². The molecule has 2 aromatic rings. The van der Waals surface area contributed by atoms with E-state index in [0.717, 1.165) is 50.2 Å². The molecule has 47 heavy (non-hydrogen) atoms. The van der Waals surface area contributed by atoms with Crippen molar-refractivity contribution in [2.75, 3.05) is 26.5 Å². The van der Waals surface area contributed by atoms with Crippen molar-refractivity contribution >= 4 is 27.7 Å². The number of alkyl carbamates (subject to hydrolysis) is 1. The van der Waals surface area contributed by atoms with Crippen LogP contribution in [0, 0.1) is 11.8 Å². The summed E-state index contributed by atoms with van der Waals surface area (Å²) in [6.45, 7) is 3.90. The Balaban J connectivity index is 1.58. The molecule has 3 amide bonds. The fourth-order valence-electron chi connectivity index (χ4n) is 6.81. The minimum atomic E-state index is -3.84. The van der Waals surface area contributed by atoms with Gasteiger partial charge in [-0.3, -0.25) is 14.5 Å². The molecule has 1 heterocycles. The predicted octanol–water partition coefficient (Wildman–Crippen LogP) is 2.82. The summed E-state index contributed by atoms with van der Waals surface area (Å²) < 4.78 is 28.5. The SMILES string of the molecule is COC(=O)N[C@H](C(=O)NC(Cc1ccccc1)C(O)CN1C[C@H]2CCCC[C@H]2CC1C(=O)NCc1ccccc1)C(C)(C)S(C)(=O)=O. The fourth-order valence-corrected chi connectivity index (χ4v) is 7.40. The molecule has 2 fully saturated rings. The third kappa shape index (κ3) is 9.55. The van der Waals surface area contributed by atoms with E-state index in [2.05, 4.69) is 16.0 Å². The predicted molar refractivity (Wildman–Crippen MR) is 180 cm³/mol. The highest BCUT2D eigenvalue weighted by atomic mass is 32.2. The number of carbonyl (C=O) groups excluding carboxylic acids is 3. The lowest BCUT2D eigenvalue weighted by Gasteiger charge is -2.46. The standard InChI is InChI=1S/C35H50N4O7S/c1-35(2,47(4,44)45)31(38-34(43)46-3)33(42)37-28(19-24-13-7-5-8-14-24)30(40)23-39-22-27-18-12-11-17-26(27)20-29(39)32(41)36-21-25-15-9-6-10-16-25/h5-10,13-16,26-31,40H,11-12,17-23H2,1-4H3,(H,36,41)(H,37,42)(H,38,43)/t26-,27+,28?,29?,30?,31+/m0/s1. The van der Waals surface area contributed by atoms with Crippen LogP contribution >= 0.6 is 0 Å². The number of carbonyl (C=O) groups is 3. The van der Waals surface area contributed by atoms with Gasteiger partial charge >= 0.3 is 6.09 Å². The van der Waals surface area contributed by atoms with Crippen LogP contribution in [0.5, 0.6) is 0 Å². The molecular formula is C35H50N4O7S. The van der Waals surface area contributed by atoms with E-state index in [1.54, 1.807) is 0 Å². The smallest absolute Gasteiger partial charge is 0.407 e. The minimum Gasteiger partial charge on any atom is -0.453 e. The van der Waals surface area contributed by atoms with Gasteiger partial charge in [-0.1, -0.05) is 79.9 Å². The van der Waals surface area contributed by atoms with Crippen LogP contribution in [0.2, 0.25) is 0 Å². The summed E-state index contributed by atoms with van der Waals surface area (Å²) in [6.07, 6.45) is 4.30. The van der Waals surface area contributed by atoms with Gasteiger partial charge in [0.15, 0.2) is 9.84 Å². The molecule has 12 heteroatoms. The molecule has 4 rings (SSSR count). The van der Waals surface area contributed by atoms with Crippen molar-refractivity contribution in [2.45, 2.75) is 87.9 Å². The number of ether oxygens (including phenoxy) is 1. The number of benzene rings is 2. The van der Waals surface area contributed by atoms with Gasteiger partial charge in [0, 0.05) is 25.9 Å². The summed E-state index contributed by atoms with van der Waals surface area (Å²) in [4.78, 5) is 41.8. The average molecular weight is 671 g/mol. The van der Waals surface area contributed by atoms with Crippen molar-refractivity contribution in [3.05, 3.63) is 71.8 Å². The Morgan fingerprint density at radius 3 is 2.15 bits per heavy atom. The second kappa shape index (κ2) is 16.1. The molecule has 3 unspecified atom stereocenters. The summed E-state index contributed by atoms with van der Waals surface area (Å²) in [5.74, 6) is -0.00628. The Hall–Kier alpha value is -3.48. The number of piperidine rings is 1. The largest absolute Gasteiger partial charge is 0.453 e. The molecule has 258 valence electrons. The number of hydrogen-bond donors (Lipinski definition) is 4. The van der Waals surface area contributed by atoms with E-state index in [1.165, 1.54) is 13.8 Å². The molecule has 0 aromatic heterocycles. The fraction of sp³-hybridized carbons (Fsp3) is 0.571. The number of nitrogens with one attached hydrogen (secondary N) is 3. The first-order valence-corrected chi connectivity index (χ1v) is 18.3. The molecule has 4 N–H and O–H groups in total. The van der Waals surface area contributed by atoms with E-state index in [1.807, 2.05) is 65.6 Å². The van der Waals surface area contributed by atoms with Gasteiger partial charge in [0.25, 0.3) is 0 Å². The number of aliphatic hydroxyl groups excluding tert-OH is 1. The lowest BCUT2D eigenvalue weighted by atomic mass is 9.72. The van der Waals surface area contributed by atoms with Crippen molar-refractivity contribution < 1.29 is 32.6 Å². The summed E-state index contributed by atoms with van der Waals surface area (Å²) in [5.41, 5.74) is 1.84. The Kier molecular flexibility index (Phi) is 12.4. The average Bonchev–Trinajstić information content (AvgIpc) is 3.05. The van der Waals surface area contributed by atoms with Crippen LogP contribution < -0.4 is 16.0 Å². The zero-order valence-corrected chi connectivity index (χ0v) is 28.7. The maximum atomic E-state index is 13.8. The second-order valence-electron chi connectivity index (χ2n) is 13.5. The number of aliphatic hydroxyl groups is 1. The zero-order valence-electron chi connectivity index (χ0n) is 27.9. The molecule has 0 radical (unpaired) electrons. The molecular weight excluding hydrogens is 620 g/mol. The third-order valence-corrected chi connectivity index (χ3v) is 12.1. The summed E-state index contributed by atoms with van der Waals surface area (Å²) >= 11 is 0.